The normalized spacial score (nSPS) is 12.6. The van der Waals surface area contributed by atoms with Crippen molar-refractivity contribution in [2.45, 2.75) is 25.2 Å². The minimum Gasteiger partial charge on any atom is -0.447 e. The first-order chi connectivity index (χ1) is 17.2. The molecule has 0 aliphatic heterocycles. The number of benzene rings is 2. The number of pyridine rings is 1. The molecule has 192 valence electrons. The standard InChI is InChI=1S/C24H25ClF3N5O3/c1-33(23(34)31-12-15-3-2-4-20(28)22(15)25)19(9-18(27)10-29)13-36-24(35)32-21-8-16-7-17(26)6-5-14(16)11-30-21/h2-8,11,18-19H,9-10,12-13,29H2,1H3,(H,31,34)(H,30,32,35)/t18?,19-/m0/s1. The van der Waals surface area contributed by atoms with Gasteiger partial charge in [0.1, 0.15) is 30.2 Å². The van der Waals surface area contributed by atoms with Gasteiger partial charge in [-0.15, -0.1) is 0 Å². The number of carbonyl (C=O) groups is 2. The first-order valence-corrected chi connectivity index (χ1v) is 11.3. The lowest BCUT2D eigenvalue weighted by Crippen LogP contribution is -2.47. The van der Waals surface area contributed by atoms with Crippen molar-refractivity contribution >= 4 is 40.3 Å². The Hall–Kier alpha value is -3.57. The highest BCUT2D eigenvalue weighted by atomic mass is 35.5. The van der Waals surface area contributed by atoms with Crippen molar-refractivity contribution < 1.29 is 27.5 Å². The number of likely N-dealkylation sites (N-methyl/N-ethyl adjacent to an activating group) is 1. The average molecular weight is 524 g/mol. The van der Waals surface area contributed by atoms with Gasteiger partial charge in [0.2, 0.25) is 0 Å². The molecule has 0 aliphatic rings. The van der Waals surface area contributed by atoms with E-state index in [1.807, 2.05) is 0 Å². The Labute approximate surface area is 210 Å². The van der Waals surface area contributed by atoms with Gasteiger partial charge in [0.15, 0.2) is 0 Å². The lowest BCUT2D eigenvalue weighted by molar-refractivity contribution is 0.102. The number of nitrogens with one attached hydrogen (secondary N) is 2. The van der Waals surface area contributed by atoms with Crippen molar-refractivity contribution in [3.8, 4) is 0 Å². The second-order valence-electron chi connectivity index (χ2n) is 7.99. The van der Waals surface area contributed by atoms with Crippen molar-refractivity contribution in [2.75, 3.05) is 25.5 Å². The van der Waals surface area contributed by atoms with E-state index in [2.05, 4.69) is 15.6 Å². The molecule has 0 saturated carbocycles. The van der Waals surface area contributed by atoms with Gasteiger partial charge >= 0.3 is 12.1 Å². The van der Waals surface area contributed by atoms with E-state index in [1.165, 1.54) is 48.5 Å². The first-order valence-electron chi connectivity index (χ1n) is 10.9. The summed E-state index contributed by atoms with van der Waals surface area (Å²) in [6.07, 6.45) is -1.08. The zero-order valence-electron chi connectivity index (χ0n) is 19.3. The molecule has 3 rings (SSSR count). The van der Waals surface area contributed by atoms with Gasteiger partial charge < -0.3 is 20.7 Å². The van der Waals surface area contributed by atoms with Crippen molar-refractivity contribution in [3.63, 3.8) is 0 Å². The number of rotatable bonds is 9. The Morgan fingerprint density at radius 1 is 1.19 bits per heavy atom. The maximum absolute atomic E-state index is 14.1. The van der Waals surface area contributed by atoms with Gasteiger partial charge in [0.05, 0.1) is 11.1 Å². The van der Waals surface area contributed by atoms with Crippen molar-refractivity contribution in [1.82, 2.24) is 15.2 Å². The number of halogens is 4. The number of fused-ring (bicyclic) bond motifs is 1. The number of hydrogen-bond acceptors (Lipinski definition) is 5. The number of nitrogens with two attached hydrogens (primary N) is 1. The third kappa shape index (κ3) is 7.22. The molecule has 0 spiro atoms. The fourth-order valence-electron chi connectivity index (χ4n) is 3.37. The molecule has 0 aliphatic carbocycles. The lowest BCUT2D eigenvalue weighted by Gasteiger charge is -2.29. The van der Waals surface area contributed by atoms with Crippen LogP contribution in [0.15, 0.2) is 48.7 Å². The number of aromatic nitrogens is 1. The van der Waals surface area contributed by atoms with E-state index < -0.39 is 36.0 Å². The Morgan fingerprint density at radius 3 is 2.72 bits per heavy atom. The SMILES string of the molecule is CN(C(=O)NCc1cccc(F)c1Cl)[C@H](COC(=O)Nc1cc2cc(F)ccc2cn1)CC(F)CN. The van der Waals surface area contributed by atoms with E-state index >= 15 is 0 Å². The molecule has 0 bridgehead atoms. The topological polar surface area (TPSA) is 110 Å². The lowest BCUT2D eigenvalue weighted by atomic mass is 10.1. The highest BCUT2D eigenvalue weighted by Crippen LogP contribution is 2.20. The second kappa shape index (κ2) is 12.4. The van der Waals surface area contributed by atoms with Crippen LogP contribution in [-0.2, 0) is 11.3 Å². The molecule has 1 aromatic heterocycles. The maximum atomic E-state index is 14.1. The largest absolute Gasteiger partial charge is 0.447 e. The highest BCUT2D eigenvalue weighted by Gasteiger charge is 2.25. The van der Waals surface area contributed by atoms with Gasteiger partial charge in [0.25, 0.3) is 0 Å². The smallest absolute Gasteiger partial charge is 0.412 e. The zero-order valence-corrected chi connectivity index (χ0v) is 20.1. The Balaban J connectivity index is 1.60. The number of nitrogens with zero attached hydrogens (tertiary/aromatic N) is 2. The van der Waals surface area contributed by atoms with Gasteiger partial charge in [-0.1, -0.05) is 23.7 Å². The number of amides is 3. The Morgan fingerprint density at radius 2 is 1.97 bits per heavy atom. The van der Waals surface area contributed by atoms with Crippen molar-refractivity contribution in [1.29, 1.82) is 0 Å². The molecule has 0 saturated heterocycles. The summed E-state index contributed by atoms with van der Waals surface area (Å²) >= 11 is 5.91. The predicted molar refractivity (Wildman–Crippen MR) is 130 cm³/mol. The molecule has 4 N–H and O–H groups in total. The first kappa shape index (κ1) is 27.0. The molecule has 1 unspecified atom stereocenters. The quantitative estimate of drug-likeness (QED) is 0.379. The van der Waals surface area contributed by atoms with Gasteiger partial charge in [-0.2, -0.15) is 0 Å². The van der Waals surface area contributed by atoms with E-state index in [4.69, 9.17) is 22.1 Å². The number of anilines is 1. The van der Waals surface area contributed by atoms with Crippen LogP contribution >= 0.6 is 11.6 Å². The van der Waals surface area contributed by atoms with Crippen molar-refractivity contribution in [3.05, 3.63) is 70.9 Å². The number of ether oxygens (including phenoxy) is 1. The van der Waals surface area contributed by atoms with Crippen LogP contribution < -0.4 is 16.4 Å². The van der Waals surface area contributed by atoms with E-state index in [0.29, 0.717) is 16.3 Å². The molecule has 1 heterocycles. The molecule has 3 amide bonds. The van der Waals surface area contributed by atoms with Crippen LogP contribution in [0.25, 0.3) is 10.8 Å². The summed E-state index contributed by atoms with van der Waals surface area (Å²) in [4.78, 5) is 30.2. The monoisotopic (exact) mass is 523 g/mol. The van der Waals surface area contributed by atoms with Crippen LogP contribution in [0.4, 0.5) is 28.6 Å². The van der Waals surface area contributed by atoms with Crippen LogP contribution in [0.5, 0.6) is 0 Å². The third-order valence-electron chi connectivity index (χ3n) is 5.43. The summed E-state index contributed by atoms with van der Waals surface area (Å²) in [5.41, 5.74) is 5.74. The molecular weight excluding hydrogens is 499 g/mol. The van der Waals surface area contributed by atoms with Gasteiger partial charge in [-0.05, 0) is 41.3 Å². The van der Waals surface area contributed by atoms with Crippen LogP contribution in [0.3, 0.4) is 0 Å². The average Bonchev–Trinajstić information content (AvgIpc) is 2.86. The van der Waals surface area contributed by atoms with Crippen LogP contribution in [0.2, 0.25) is 5.02 Å². The molecule has 3 aromatic rings. The van der Waals surface area contributed by atoms with Crippen molar-refractivity contribution in [2.24, 2.45) is 5.73 Å². The van der Waals surface area contributed by atoms with Crippen LogP contribution in [0, 0.1) is 11.6 Å². The summed E-state index contributed by atoms with van der Waals surface area (Å²) in [5.74, 6) is -0.937. The summed E-state index contributed by atoms with van der Waals surface area (Å²) in [6.45, 7) is -0.703. The number of urea groups is 1. The van der Waals surface area contributed by atoms with Gasteiger partial charge in [-0.3, -0.25) is 5.32 Å². The number of hydrogen-bond donors (Lipinski definition) is 3. The molecular formula is C24H25ClF3N5O3. The molecule has 0 radical (unpaired) electrons. The number of carbonyl (C=O) groups excluding carboxylic acids is 2. The zero-order chi connectivity index (χ0) is 26.2. The molecule has 2 aromatic carbocycles. The van der Waals surface area contributed by atoms with E-state index in [1.54, 1.807) is 12.1 Å². The second-order valence-corrected chi connectivity index (χ2v) is 8.37. The summed E-state index contributed by atoms with van der Waals surface area (Å²) in [5, 5.41) is 6.08. The van der Waals surface area contributed by atoms with Crippen LogP contribution in [0.1, 0.15) is 12.0 Å². The van der Waals surface area contributed by atoms with E-state index in [0.717, 1.165) is 0 Å². The Bertz CT molecular complexity index is 1230. The molecule has 36 heavy (non-hydrogen) atoms. The minimum absolute atomic E-state index is 0.0714. The number of alkyl halides is 1. The fourth-order valence-corrected chi connectivity index (χ4v) is 3.56. The fraction of sp³-hybridized carbons (Fsp3) is 0.292. The predicted octanol–water partition coefficient (Wildman–Crippen LogP) is 4.61. The maximum Gasteiger partial charge on any atom is 0.412 e. The van der Waals surface area contributed by atoms with Gasteiger partial charge in [0, 0.05) is 38.1 Å². The Kier molecular flexibility index (Phi) is 9.31. The summed E-state index contributed by atoms with van der Waals surface area (Å²) in [6, 6.07) is 8.33. The summed E-state index contributed by atoms with van der Waals surface area (Å²) in [7, 11) is 1.40. The molecule has 12 heteroatoms. The van der Waals surface area contributed by atoms with Gasteiger partial charge in [-0.25, -0.2) is 27.7 Å². The van der Waals surface area contributed by atoms with E-state index in [9.17, 15) is 22.8 Å². The minimum atomic E-state index is -1.45. The molecule has 2 atom stereocenters. The third-order valence-corrected chi connectivity index (χ3v) is 5.86. The van der Waals surface area contributed by atoms with E-state index in [-0.39, 0.29) is 37.0 Å². The molecule has 8 nitrogen and oxygen atoms in total. The molecule has 0 fully saturated rings. The highest BCUT2D eigenvalue weighted by molar-refractivity contribution is 6.31. The summed E-state index contributed by atoms with van der Waals surface area (Å²) < 4.78 is 46.3. The van der Waals surface area contributed by atoms with Crippen LogP contribution in [-0.4, -0.2) is 54.4 Å².